The summed E-state index contributed by atoms with van der Waals surface area (Å²) in [4.78, 5) is 12.1. The van der Waals surface area contributed by atoms with Gasteiger partial charge in [-0.2, -0.15) is 10.2 Å². The minimum absolute atomic E-state index is 0.270. The summed E-state index contributed by atoms with van der Waals surface area (Å²) in [5.74, 6) is -0.731. The van der Waals surface area contributed by atoms with Crippen molar-refractivity contribution in [2.24, 2.45) is 5.10 Å². The van der Waals surface area contributed by atoms with Crippen LogP contribution in [0.2, 0.25) is 0 Å². The van der Waals surface area contributed by atoms with Crippen molar-refractivity contribution < 1.29 is 9.18 Å². The van der Waals surface area contributed by atoms with E-state index in [0.717, 1.165) is 11.1 Å². The number of carbonyl (C=O) groups is 1. The summed E-state index contributed by atoms with van der Waals surface area (Å²) < 4.78 is 13.0. The number of aromatic amines is 1. The van der Waals surface area contributed by atoms with Gasteiger partial charge >= 0.3 is 0 Å². The Balaban J connectivity index is 1.62. The average Bonchev–Trinajstić information content (AvgIpc) is 3.13. The Hall–Kier alpha value is -3.54. The molecule has 0 unspecified atom stereocenters. The minimum Gasteiger partial charge on any atom is -0.272 e. The molecular weight excluding hydrogens is 331 g/mol. The van der Waals surface area contributed by atoms with Gasteiger partial charge in [-0.25, -0.2) is 9.82 Å². The normalized spacial score (nSPS) is 11.7. The molecule has 0 saturated carbocycles. The first-order valence-electron chi connectivity index (χ1n) is 8.00. The van der Waals surface area contributed by atoms with Gasteiger partial charge in [0.2, 0.25) is 0 Å². The molecule has 0 saturated heterocycles. The number of halogens is 1. The van der Waals surface area contributed by atoms with Crippen LogP contribution < -0.4 is 5.43 Å². The van der Waals surface area contributed by atoms with E-state index in [0.29, 0.717) is 11.3 Å². The fourth-order valence-electron chi connectivity index (χ4n) is 2.31. The number of rotatable bonds is 5. The molecule has 3 aromatic rings. The van der Waals surface area contributed by atoms with Crippen LogP contribution in [0.3, 0.4) is 0 Å². The number of carbonyl (C=O) groups excluding carboxylic acids is 1. The SMILES string of the molecule is C/C(C=NNC(=O)c1cc(-c2ccc(F)cc2)n[nH]1)=C\c1ccccc1. The van der Waals surface area contributed by atoms with Crippen LogP contribution >= 0.6 is 0 Å². The van der Waals surface area contributed by atoms with Crippen LogP contribution in [0.5, 0.6) is 0 Å². The summed E-state index contributed by atoms with van der Waals surface area (Å²) >= 11 is 0. The fraction of sp³-hybridized carbons (Fsp3) is 0.0500. The van der Waals surface area contributed by atoms with Crippen LogP contribution in [0.1, 0.15) is 23.0 Å². The first-order valence-corrected chi connectivity index (χ1v) is 8.00. The molecule has 0 spiro atoms. The zero-order valence-electron chi connectivity index (χ0n) is 14.1. The summed E-state index contributed by atoms with van der Waals surface area (Å²) in [5, 5.41) is 10.7. The Labute approximate surface area is 150 Å². The van der Waals surface area contributed by atoms with Crippen LogP contribution in [0.25, 0.3) is 17.3 Å². The molecule has 2 aromatic carbocycles. The molecule has 0 bridgehead atoms. The Bertz CT molecular complexity index is 943. The highest BCUT2D eigenvalue weighted by atomic mass is 19.1. The summed E-state index contributed by atoms with van der Waals surface area (Å²) in [6, 6.07) is 17.3. The van der Waals surface area contributed by atoms with E-state index in [9.17, 15) is 9.18 Å². The molecule has 0 aliphatic carbocycles. The van der Waals surface area contributed by atoms with E-state index in [1.54, 1.807) is 24.4 Å². The molecule has 3 rings (SSSR count). The van der Waals surface area contributed by atoms with Gasteiger partial charge in [-0.1, -0.05) is 36.4 Å². The third-order valence-corrected chi connectivity index (χ3v) is 3.59. The molecule has 6 heteroatoms. The van der Waals surface area contributed by atoms with Crippen molar-refractivity contribution in [3.63, 3.8) is 0 Å². The molecule has 0 radical (unpaired) electrons. The quantitative estimate of drug-likeness (QED) is 0.540. The maximum Gasteiger partial charge on any atom is 0.289 e. The Morgan fingerprint density at radius 2 is 1.88 bits per heavy atom. The lowest BCUT2D eigenvalue weighted by Crippen LogP contribution is -2.17. The van der Waals surface area contributed by atoms with Gasteiger partial charge in [-0.15, -0.1) is 0 Å². The second-order valence-corrected chi connectivity index (χ2v) is 5.67. The van der Waals surface area contributed by atoms with E-state index in [1.807, 2.05) is 43.3 Å². The third kappa shape index (κ3) is 4.51. The van der Waals surface area contributed by atoms with Gasteiger partial charge in [-0.3, -0.25) is 9.89 Å². The van der Waals surface area contributed by atoms with Crippen molar-refractivity contribution in [3.8, 4) is 11.3 Å². The Kier molecular flexibility index (Phi) is 5.34. The highest BCUT2D eigenvalue weighted by molar-refractivity contribution is 5.94. The summed E-state index contributed by atoms with van der Waals surface area (Å²) in [7, 11) is 0. The van der Waals surface area contributed by atoms with E-state index in [-0.39, 0.29) is 11.5 Å². The van der Waals surface area contributed by atoms with E-state index in [4.69, 9.17) is 0 Å². The topological polar surface area (TPSA) is 70.1 Å². The standard InChI is InChI=1S/C20H17FN4O/c1-14(11-15-5-3-2-4-6-15)13-22-25-20(26)19-12-18(23-24-19)16-7-9-17(21)10-8-16/h2-13H,1H3,(H,23,24)(H,25,26)/b14-11+,22-13?. The summed E-state index contributed by atoms with van der Waals surface area (Å²) in [5.41, 5.74) is 5.94. The fourth-order valence-corrected chi connectivity index (χ4v) is 2.31. The van der Waals surface area contributed by atoms with Crippen molar-refractivity contribution in [2.45, 2.75) is 6.92 Å². The molecule has 130 valence electrons. The lowest BCUT2D eigenvalue weighted by atomic mass is 10.1. The molecule has 1 heterocycles. The van der Waals surface area contributed by atoms with E-state index in [1.165, 1.54) is 12.1 Å². The molecule has 2 N–H and O–H groups in total. The number of aromatic nitrogens is 2. The predicted molar refractivity (Wildman–Crippen MR) is 100 cm³/mol. The Morgan fingerprint density at radius 1 is 1.15 bits per heavy atom. The maximum atomic E-state index is 13.0. The Morgan fingerprint density at radius 3 is 2.62 bits per heavy atom. The lowest BCUT2D eigenvalue weighted by Gasteiger charge is -1.97. The van der Waals surface area contributed by atoms with Gasteiger partial charge in [0.1, 0.15) is 11.5 Å². The van der Waals surface area contributed by atoms with Crippen molar-refractivity contribution >= 4 is 18.2 Å². The highest BCUT2D eigenvalue weighted by Gasteiger charge is 2.10. The highest BCUT2D eigenvalue weighted by Crippen LogP contribution is 2.17. The zero-order valence-corrected chi connectivity index (χ0v) is 14.1. The van der Waals surface area contributed by atoms with Crippen LogP contribution in [0.4, 0.5) is 4.39 Å². The largest absolute Gasteiger partial charge is 0.289 e. The van der Waals surface area contributed by atoms with Crippen LogP contribution in [0.15, 0.2) is 71.3 Å². The molecular formula is C20H17FN4O. The molecule has 1 aromatic heterocycles. The smallest absolute Gasteiger partial charge is 0.272 e. The van der Waals surface area contributed by atoms with Crippen LogP contribution in [0, 0.1) is 5.82 Å². The molecule has 26 heavy (non-hydrogen) atoms. The van der Waals surface area contributed by atoms with Gasteiger partial charge < -0.3 is 0 Å². The molecule has 0 fully saturated rings. The summed E-state index contributed by atoms with van der Waals surface area (Å²) in [6.45, 7) is 1.89. The molecule has 5 nitrogen and oxygen atoms in total. The van der Waals surface area contributed by atoms with Crippen molar-refractivity contribution in [1.82, 2.24) is 15.6 Å². The number of allylic oxidation sites excluding steroid dienone is 1. The number of nitrogens with zero attached hydrogens (tertiary/aromatic N) is 2. The number of amides is 1. The first-order chi connectivity index (χ1) is 12.6. The predicted octanol–water partition coefficient (Wildman–Crippen LogP) is 4.03. The molecule has 0 aliphatic heterocycles. The van der Waals surface area contributed by atoms with Crippen LogP contribution in [-0.4, -0.2) is 22.3 Å². The van der Waals surface area contributed by atoms with Gasteiger partial charge in [0.25, 0.3) is 5.91 Å². The van der Waals surface area contributed by atoms with E-state index >= 15 is 0 Å². The van der Waals surface area contributed by atoms with Gasteiger partial charge in [0, 0.05) is 5.56 Å². The number of hydrogen-bond donors (Lipinski definition) is 2. The van der Waals surface area contributed by atoms with E-state index in [2.05, 4.69) is 20.7 Å². The van der Waals surface area contributed by atoms with Gasteiger partial charge in [-0.05, 0) is 48.4 Å². The third-order valence-electron chi connectivity index (χ3n) is 3.59. The van der Waals surface area contributed by atoms with Crippen molar-refractivity contribution in [1.29, 1.82) is 0 Å². The molecule has 1 amide bonds. The first kappa shape index (κ1) is 17.3. The van der Waals surface area contributed by atoms with Gasteiger partial charge in [0.15, 0.2) is 0 Å². The van der Waals surface area contributed by atoms with Crippen molar-refractivity contribution in [2.75, 3.05) is 0 Å². The maximum absolute atomic E-state index is 13.0. The summed E-state index contributed by atoms with van der Waals surface area (Å²) in [6.07, 6.45) is 3.53. The number of benzene rings is 2. The number of hydrogen-bond acceptors (Lipinski definition) is 3. The lowest BCUT2D eigenvalue weighted by molar-refractivity contribution is 0.0950. The number of H-pyrrole nitrogens is 1. The number of nitrogens with one attached hydrogen (secondary N) is 2. The van der Waals surface area contributed by atoms with Gasteiger partial charge in [0.05, 0.1) is 11.9 Å². The second kappa shape index (κ2) is 8.02. The second-order valence-electron chi connectivity index (χ2n) is 5.67. The molecule has 0 aliphatic rings. The minimum atomic E-state index is -0.408. The molecule has 0 atom stereocenters. The monoisotopic (exact) mass is 348 g/mol. The number of hydrazone groups is 1. The zero-order chi connectivity index (χ0) is 18.4. The van der Waals surface area contributed by atoms with E-state index < -0.39 is 5.91 Å². The van der Waals surface area contributed by atoms with Crippen molar-refractivity contribution in [3.05, 3.63) is 83.3 Å². The van der Waals surface area contributed by atoms with Crippen LogP contribution in [-0.2, 0) is 0 Å². The average molecular weight is 348 g/mol.